The fraction of sp³-hybridized carbons (Fsp3) is 0.667. The monoisotopic (exact) mass is 206 g/mol. The lowest BCUT2D eigenvalue weighted by atomic mass is 9.76. The number of hydrogen-bond acceptors (Lipinski definition) is 2. The van der Waals surface area contributed by atoms with Gasteiger partial charge in [0, 0.05) is 26.1 Å². The van der Waals surface area contributed by atoms with Gasteiger partial charge in [0.25, 0.3) is 0 Å². The molecule has 3 heteroatoms. The van der Waals surface area contributed by atoms with Crippen molar-refractivity contribution in [3.05, 3.63) is 17.5 Å². The summed E-state index contributed by atoms with van der Waals surface area (Å²) in [4.78, 5) is 11.5. The minimum atomic E-state index is 0.389. The standard InChI is InChI=1S/C12H18N2O/c1-8-4-5-10(15)6-11(8)12-7-14(3)13-9(12)2/h7-8,11H,4-6H2,1-3H3. The molecule has 1 aromatic heterocycles. The van der Waals surface area contributed by atoms with E-state index in [9.17, 15) is 4.79 Å². The molecular weight excluding hydrogens is 188 g/mol. The summed E-state index contributed by atoms with van der Waals surface area (Å²) in [6.45, 7) is 4.27. The summed E-state index contributed by atoms with van der Waals surface area (Å²) in [5.74, 6) is 1.40. The van der Waals surface area contributed by atoms with E-state index in [1.807, 2.05) is 18.7 Å². The molecule has 1 aliphatic carbocycles. The van der Waals surface area contributed by atoms with Gasteiger partial charge < -0.3 is 0 Å². The average molecular weight is 206 g/mol. The number of rotatable bonds is 1. The molecule has 2 unspecified atom stereocenters. The van der Waals surface area contributed by atoms with E-state index in [0.29, 0.717) is 24.0 Å². The highest BCUT2D eigenvalue weighted by Gasteiger charge is 2.29. The molecule has 0 amide bonds. The number of aryl methyl sites for hydroxylation is 2. The molecule has 2 atom stereocenters. The average Bonchev–Trinajstić information content (AvgIpc) is 2.50. The minimum Gasteiger partial charge on any atom is -0.300 e. The normalized spacial score (nSPS) is 27.0. The van der Waals surface area contributed by atoms with Crippen LogP contribution in [0.3, 0.4) is 0 Å². The molecule has 1 heterocycles. The second-order valence-corrected chi connectivity index (χ2v) is 4.71. The van der Waals surface area contributed by atoms with Crippen molar-refractivity contribution in [1.29, 1.82) is 0 Å². The Labute approximate surface area is 90.5 Å². The molecule has 3 nitrogen and oxygen atoms in total. The molecule has 1 aliphatic rings. The molecule has 1 saturated carbocycles. The molecule has 0 aliphatic heterocycles. The van der Waals surface area contributed by atoms with Crippen molar-refractivity contribution in [2.24, 2.45) is 13.0 Å². The van der Waals surface area contributed by atoms with Crippen LogP contribution in [0.2, 0.25) is 0 Å². The largest absolute Gasteiger partial charge is 0.300 e. The fourth-order valence-electron chi connectivity index (χ4n) is 2.54. The van der Waals surface area contributed by atoms with Crippen molar-refractivity contribution in [3.8, 4) is 0 Å². The Balaban J connectivity index is 2.28. The van der Waals surface area contributed by atoms with Gasteiger partial charge >= 0.3 is 0 Å². The molecule has 0 radical (unpaired) electrons. The van der Waals surface area contributed by atoms with Gasteiger partial charge in [0.2, 0.25) is 0 Å². The van der Waals surface area contributed by atoms with Crippen molar-refractivity contribution in [2.75, 3.05) is 0 Å². The van der Waals surface area contributed by atoms with Gasteiger partial charge in [-0.15, -0.1) is 0 Å². The van der Waals surface area contributed by atoms with Crippen molar-refractivity contribution >= 4 is 5.78 Å². The predicted octanol–water partition coefficient (Wildman–Crippen LogP) is 2.20. The molecule has 0 saturated heterocycles. The molecule has 82 valence electrons. The molecule has 0 spiro atoms. The number of ketones is 1. The highest BCUT2D eigenvalue weighted by molar-refractivity contribution is 5.80. The minimum absolute atomic E-state index is 0.389. The lowest BCUT2D eigenvalue weighted by molar-refractivity contribution is -0.121. The molecule has 2 rings (SSSR count). The smallest absolute Gasteiger partial charge is 0.133 e. The van der Waals surface area contributed by atoms with E-state index >= 15 is 0 Å². The molecule has 0 aromatic carbocycles. The van der Waals surface area contributed by atoms with Gasteiger partial charge in [-0.25, -0.2) is 0 Å². The first kappa shape index (κ1) is 10.4. The molecule has 1 aromatic rings. The molecule has 15 heavy (non-hydrogen) atoms. The first-order valence-electron chi connectivity index (χ1n) is 5.59. The van der Waals surface area contributed by atoms with Crippen LogP contribution in [0.5, 0.6) is 0 Å². The third-order valence-electron chi connectivity index (χ3n) is 3.46. The van der Waals surface area contributed by atoms with Crippen molar-refractivity contribution < 1.29 is 4.79 Å². The van der Waals surface area contributed by atoms with E-state index in [1.54, 1.807) is 0 Å². The summed E-state index contributed by atoms with van der Waals surface area (Å²) in [7, 11) is 1.94. The zero-order chi connectivity index (χ0) is 11.0. The maximum Gasteiger partial charge on any atom is 0.133 e. The molecule has 0 N–H and O–H groups in total. The first-order valence-corrected chi connectivity index (χ1v) is 5.59. The third-order valence-corrected chi connectivity index (χ3v) is 3.46. The van der Waals surface area contributed by atoms with Crippen LogP contribution in [-0.4, -0.2) is 15.6 Å². The maximum absolute atomic E-state index is 11.5. The molecule has 0 bridgehead atoms. The third kappa shape index (κ3) is 1.96. The van der Waals surface area contributed by atoms with E-state index in [-0.39, 0.29) is 0 Å². The Morgan fingerprint density at radius 1 is 1.53 bits per heavy atom. The second kappa shape index (κ2) is 3.80. The zero-order valence-corrected chi connectivity index (χ0v) is 9.66. The van der Waals surface area contributed by atoms with Crippen LogP contribution in [0, 0.1) is 12.8 Å². The van der Waals surface area contributed by atoms with E-state index in [1.165, 1.54) is 5.56 Å². The van der Waals surface area contributed by atoms with Gasteiger partial charge in [-0.2, -0.15) is 5.10 Å². The highest BCUT2D eigenvalue weighted by Crippen LogP contribution is 2.36. The topological polar surface area (TPSA) is 34.9 Å². The quantitative estimate of drug-likeness (QED) is 0.706. The Morgan fingerprint density at radius 2 is 2.27 bits per heavy atom. The van der Waals surface area contributed by atoms with Crippen molar-refractivity contribution in [3.63, 3.8) is 0 Å². The summed E-state index contributed by atoms with van der Waals surface area (Å²) < 4.78 is 1.84. The number of nitrogens with zero attached hydrogens (tertiary/aromatic N) is 2. The summed E-state index contributed by atoms with van der Waals surface area (Å²) in [5.41, 5.74) is 2.34. The Bertz CT molecular complexity index is 381. The maximum atomic E-state index is 11.5. The van der Waals surface area contributed by atoms with Gasteiger partial charge in [0.05, 0.1) is 5.69 Å². The van der Waals surface area contributed by atoms with Crippen molar-refractivity contribution in [2.45, 2.75) is 39.0 Å². The van der Waals surface area contributed by atoms with Gasteiger partial charge in [-0.05, 0) is 30.7 Å². The number of carbonyl (C=O) groups excluding carboxylic acids is 1. The summed E-state index contributed by atoms with van der Waals surface area (Å²) in [6.07, 6.45) is 4.55. The fourth-order valence-corrected chi connectivity index (χ4v) is 2.54. The van der Waals surface area contributed by atoms with E-state index in [2.05, 4.69) is 18.2 Å². The van der Waals surface area contributed by atoms with Gasteiger partial charge in [-0.1, -0.05) is 6.92 Å². The van der Waals surface area contributed by atoms with Crippen LogP contribution >= 0.6 is 0 Å². The summed E-state index contributed by atoms with van der Waals surface area (Å²) in [6, 6.07) is 0. The number of Topliss-reactive ketones (excluding diaryl/α,β-unsaturated/α-hetero) is 1. The Morgan fingerprint density at radius 3 is 2.87 bits per heavy atom. The van der Waals surface area contributed by atoms with Gasteiger partial charge in [0.1, 0.15) is 5.78 Å². The van der Waals surface area contributed by atoms with Crippen LogP contribution in [0.4, 0.5) is 0 Å². The summed E-state index contributed by atoms with van der Waals surface area (Å²) in [5, 5.41) is 4.35. The SMILES string of the molecule is Cc1nn(C)cc1C1CC(=O)CCC1C. The number of hydrogen-bond donors (Lipinski definition) is 0. The van der Waals surface area contributed by atoms with Crippen molar-refractivity contribution in [1.82, 2.24) is 9.78 Å². The molecule has 1 fully saturated rings. The first-order chi connectivity index (χ1) is 7.08. The van der Waals surface area contributed by atoms with Crippen LogP contribution in [-0.2, 0) is 11.8 Å². The van der Waals surface area contributed by atoms with Crippen LogP contribution in [0.15, 0.2) is 6.20 Å². The van der Waals surface area contributed by atoms with Gasteiger partial charge in [0.15, 0.2) is 0 Å². The molecular formula is C12H18N2O. The lowest BCUT2D eigenvalue weighted by Crippen LogP contribution is -2.21. The van der Waals surface area contributed by atoms with E-state index < -0.39 is 0 Å². The Kier molecular flexibility index (Phi) is 2.63. The number of carbonyl (C=O) groups is 1. The number of aromatic nitrogens is 2. The zero-order valence-electron chi connectivity index (χ0n) is 9.66. The lowest BCUT2D eigenvalue weighted by Gasteiger charge is -2.27. The van der Waals surface area contributed by atoms with Crippen LogP contribution in [0.25, 0.3) is 0 Å². The second-order valence-electron chi connectivity index (χ2n) is 4.71. The van der Waals surface area contributed by atoms with E-state index in [0.717, 1.165) is 18.5 Å². The van der Waals surface area contributed by atoms with Crippen LogP contribution < -0.4 is 0 Å². The van der Waals surface area contributed by atoms with Crippen LogP contribution in [0.1, 0.15) is 43.4 Å². The summed E-state index contributed by atoms with van der Waals surface area (Å²) >= 11 is 0. The highest BCUT2D eigenvalue weighted by atomic mass is 16.1. The predicted molar refractivity (Wildman–Crippen MR) is 58.7 cm³/mol. The van der Waals surface area contributed by atoms with Gasteiger partial charge in [-0.3, -0.25) is 9.48 Å². The Hall–Kier alpha value is -1.12. The van der Waals surface area contributed by atoms with E-state index in [4.69, 9.17) is 0 Å².